The predicted octanol–water partition coefficient (Wildman–Crippen LogP) is 7.87. The highest BCUT2D eigenvalue weighted by Crippen LogP contribution is 2.44. The van der Waals surface area contributed by atoms with E-state index >= 15 is 0 Å². The summed E-state index contributed by atoms with van der Waals surface area (Å²) in [5.74, 6) is -2.11. The molecule has 0 fully saturated rings. The number of carbonyl (C=O) groups excluding carboxylic acids is 2. The summed E-state index contributed by atoms with van der Waals surface area (Å²) in [7, 11) is 0. The van der Waals surface area contributed by atoms with E-state index < -0.39 is 35.6 Å². The number of aliphatic carboxylic acids is 1. The van der Waals surface area contributed by atoms with Crippen molar-refractivity contribution in [3.8, 4) is 11.1 Å². The van der Waals surface area contributed by atoms with Gasteiger partial charge < -0.3 is 20.5 Å². The average Bonchev–Trinajstić information content (AvgIpc) is 3.51. The fourth-order valence-corrected chi connectivity index (χ4v) is 7.44. The third-order valence-corrected chi connectivity index (χ3v) is 10.1. The van der Waals surface area contributed by atoms with Crippen LogP contribution in [0.5, 0.6) is 0 Å². The van der Waals surface area contributed by atoms with Crippen LogP contribution in [0.4, 0.5) is 4.79 Å². The second-order valence-corrected chi connectivity index (χ2v) is 13.9. The summed E-state index contributed by atoms with van der Waals surface area (Å²) in [6, 6.07) is 44.9. The van der Waals surface area contributed by atoms with Crippen molar-refractivity contribution in [1.29, 1.82) is 0 Å². The molecule has 2 amide bonds. The summed E-state index contributed by atoms with van der Waals surface area (Å²) in [4.78, 5) is 38.9. The van der Waals surface area contributed by atoms with Crippen LogP contribution in [-0.4, -0.2) is 48.3 Å². The van der Waals surface area contributed by atoms with Crippen LogP contribution in [-0.2, 0) is 19.9 Å². The van der Waals surface area contributed by atoms with Crippen LogP contribution >= 0.6 is 0 Å². The van der Waals surface area contributed by atoms with Gasteiger partial charge in [0.15, 0.2) is 0 Å². The van der Waals surface area contributed by atoms with Crippen molar-refractivity contribution in [2.24, 2.45) is 5.92 Å². The molecule has 1 aliphatic carbocycles. The molecular formula is C45H47N3O5. The lowest BCUT2D eigenvalue weighted by atomic mass is 9.77. The molecule has 0 saturated carbocycles. The minimum atomic E-state index is -1.12. The number of alkyl carbamates (subject to hydrolysis) is 1. The Morgan fingerprint density at radius 3 is 1.60 bits per heavy atom. The van der Waals surface area contributed by atoms with E-state index in [1.165, 1.54) is 0 Å². The quantitative estimate of drug-likeness (QED) is 0.0612. The van der Waals surface area contributed by atoms with Gasteiger partial charge in [0.25, 0.3) is 0 Å². The molecule has 0 aromatic heterocycles. The van der Waals surface area contributed by atoms with Crippen molar-refractivity contribution < 1.29 is 24.2 Å². The summed E-state index contributed by atoms with van der Waals surface area (Å²) in [6.07, 6.45) is 0.718. The summed E-state index contributed by atoms with van der Waals surface area (Å²) < 4.78 is 5.68. The third kappa shape index (κ3) is 8.34. The Hall–Kier alpha value is -5.73. The Labute approximate surface area is 311 Å². The van der Waals surface area contributed by atoms with Gasteiger partial charge in [-0.05, 0) is 70.7 Å². The van der Waals surface area contributed by atoms with Crippen LogP contribution in [0.3, 0.4) is 0 Å². The normalized spacial score (nSPS) is 13.4. The predicted molar refractivity (Wildman–Crippen MR) is 207 cm³/mol. The van der Waals surface area contributed by atoms with Crippen LogP contribution in [0.15, 0.2) is 140 Å². The Bertz CT molecular complexity index is 1840. The van der Waals surface area contributed by atoms with E-state index in [1.807, 2.05) is 91.0 Å². The molecule has 272 valence electrons. The molecule has 8 heteroatoms. The standard InChI is InChI=1S/C45H47N3O5/c1-31(2)41(48-44(52)53-30-39-37-26-14-12-24-35(37)36-25-13-15-27-38(36)39)42(49)47-40(43(50)51)28-16-17-29-46-45(32-18-6-3-7-19-32,33-20-8-4-9-21-33)34-22-10-5-11-23-34/h3-15,18-27,31,39-41,46H,16-17,28-30H2,1-2H3,(H,47,49)(H,48,52)(H,50,51)/t40-,41-/m0/s1. The van der Waals surface area contributed by atoms with Gasteiger partial charge in [0.1, 0.15) is 18.7 Å². The van der Waals surface area contributed by atoms with Gasteiger partial charge in [0.05, 0.1) is 5.54 Å². The van der Waals surface area contributed by atoms with Gasteiger partial charge in [-0.3, -0.25) is 10.1 Å². The first-order valence-electron chi connectivity index (χ1n) is 18.4. The number of rotatable bonds is 16. The van der Waals surface area contributed by atoms with Gasteiger partial charge in [-0.1, -0.05) is 153 Å². The summed E-state index contributed by atoms with van der Waals surface area (Å²) in [5, 5.41) is 19.3. The van der Waals surface area contributed by atoms with Crippen molar-refractivity contribution in [2.45, 2.75) is 56.7 Å². The average molecular weight is 710 g/mol. The zero-order chi connectivity index (χ0) is 37.2. The van der Waals surface area contributed by atoms with Crippen molar-refractivity contribution in [2.75, 3.05) is 13.2 Å². The molecular weight excluding hydrogens is 663 g/mol. The van der Waals surface area contributed by atoms with E-state index in [2.05, 4.69) is 64.5 Å². The molecule has 2 atom stereocenters. The molecule has 1 aliphatic rings. The molecule has 53 heavy (non-hydrogen) atoms. The largest absolute Gasteiger partial charge is 0.480 e. The number of fused-ring (bicyclic) bond motifs is 3. The van der Waals surface area contributed by atoms with E-state index in [4.69, 9.17) is 4.74 Å². The molecule has 4 N–H and O–H groups in total. The summed E-state index contributed by atoms with van der Waals surface area (Å²) in [6.45, 7) is 4.30. The SMILES string of the molecule is CC(C)[C@H](NC(=O)OCC1c2ccccc2-c2ccccc21)C(=O)N[C@@H](CCCCNC(c1ccccc1)(c1ccccc1)c1ccccc1)C(=O)O. The smallest absolute Gasteiger partial charge is 0.407 e. The molecule has 0 bridgehead atoms. The zero-order valence-electron chi connectivity index (χ0n) is 30.2. The number of carboxylic acids is 1. The summed E-state index contributed by atoms with van der Waals surface area (Å²) >= 11 is 0. The van der Waals surface area contributed by atoms with Crippen LogP contribution in [0.1, 0.15) is 66.8 Å². The highest BCUT2D eigenvalue weighted by molar-refractivity contribution is 5.89. The highest BCUT2D eigenvalue weighted by Gasteiger charge is 2.36. The first-order chi connectivity index (χ1) is 25.8. The number of nitrogens with one attached hydrogen (secondary N) is 3. The molecule has 0 aliphatic heterocycles. The number of hydrogen-bond donors (Lipinski definition) is 4. The molecule has 6 rings (SSSR count). The Kier molecular flexibility index (Phi) is 12.0. The van der Waals surface area contributed by atoms with E-state index in [9.17, 15) is 19.5 Å². The number of unbranched alkanes of at least 4 members (excludes halogenated alkanes) is 1. The van der Waals surface area contributed by atoms with Crippen LogP contribution in [0, 0.1) is 5.92 Å². The van der Waals surface area contributed by atoms with Crippen molar-refractivity contribution in [1.82, 2.24) is 16.0 Å². The number of carbonyl (C=O) groups is 3. The van der Waals surface area contributed by atoms with Gasteiger partial charge in [0.2, 0.25) is 5.91 Å². The third-order valence-electron chi connectivity index (χ3n) is 10.1. The maximum absolute atomic E-state index is 13.5. The molecule has 8 nitrogen and oxygen atoms in total. The van der Waals surface area contributed by atoms with Crippen molar-refractivity contribution in [3.05, 3.63) is 167 Å². The number of ether oxygens (including phenoxy) is 1. The molecule has 5 aromatic rings. The van der Waals surface area contributed by atoms with Gasteiger partial charge >= 0.3 is 12.1 Å². The lowest BCUT2D eigenvalue weighted by Gasteiger charge is -2.37. The van der Waals surface area contributed by atoms with Gasteiger partial charge in [-0.2, -0.15) is 0 Å². The van der Waals surface area contributed by atoms with Gasteiger partial charge in [-0.25, -0.2) is 9.59 Å². The number of hydrogen-bond acceptors (Lipinski definition) is 5. The zero-order valence-corrected chi connectivity index (χ0v) is 30.2. The number of carboxylic acid groups (broad SMARTS) is 1. The monoisotopic (exact) mass is 709 g/mol. The van der Waals surface area contributed by atoms with Gasteiger partial charge in [0, 0.05) is 5.92 Å². The van der Waals surface area contributed by atoms with Crippen LogP contribution in [0.2, 0.25) is 0 Å². The molecule has 0 spiro atoms. The second-order valence-electron chi connectivity index (χ2n) is 13.9. The fourth-order valence-electron chi connectivity index (χ4n) is 7.44. The number of benzene rings is 5. The molecule has 0 saturated heterocycles. The van der Waals surface area contributed by atoms with E-state index in [1.54, 1.807) is 13.8 Å². The van der Waals surface area contributed by atoms with Gasteiger partial charge in [-0.15, -0.1) is 0 Å². The minimum Gasteiger partial charge on any atom is -0.480 e. The molecule has 0 unspecified atom stereocenters. The minimum absolute atomic E-state index is 0.109. The maximum atomic E-state index is 13.5. The number of amides is 2. The first-order valence-corrected chi connectivity index (χ1v) is 18.4. The lowest BCUT2D eigenvalue weighted by molar-refractivity contribution is -0.142. The summed E-state index contributed by atoms with van der Waals surface area (Å²) in [5.41, 5.74) is 7.07. The fraction of sp³-hybridized carbons (Fsp3) is 0.267. The Morgan fingerprint density at radius 1 is 0.660 bits per heavy atom. The van der Waals surface area contributed by atoms with Crippen molar-refractivity contribution in [3.63, 3.8) is 0 Å². The van der Waals surface area contributed by atoms with E-state index in [0.29, 0.717) is 19.4 Å². The molecule has 0 radical (unpaired) electrons. The Balaban J connectivity index is 1.06. The van der Waals surface area contributed by atoms with E-state index in [-0.39, 0.29) is 24.9 Å². The molecule has 0 heterocycles. The maximum Gasteiger partial charge on any atom is 0.407 e. The Morgan fingerprint density at radius 2 is 1.13 bits per heavy atom. The topological polar surface area (TPSA) is 117 Å². The van der Waals surface area contributed by atoms with Crippen LogP contribution in [0.25, 0.3) is 11.1 Å². The van der Waals surface area contributed by atoms with Crippen LogP contribution < -0.4 is 16.0 Å². The first kappa shape index (κ1) is 37.0. The van der Waals surface area contributed by atoms with Crippen molar-refractivity contribution >= 4 is 18.0 Å². The lowest BCUT2D eigenvalue weighted by Crippen LogP contribution is -2.53. The second kappa shape index (κ2) is 17.2. The highest BCUT2D eigenvalue weighted by atomic mass is 16.5. The molecule has 5 aromatic carbocycles. The van der Waals surface area contributed by atoms with E-state index in [0.717, 1.165) is 38.9 Å².